The smallest absolute Gasteiger partial charge is 0.124 e. The van der Waals surface area contributed by atoms with Gasteiger partial charge in [-0.2, -0.15) is 0 Å². The topological polar surface area (TPSA) is 51.8 Å². The molecule has 18 heavy (non-hydrogen) atoms. The summed E-state index contributed by atoms with van der Waals surface area (Å²) in [6, 6.07) is 14.0. The molecular weight excluding hydrogens is 222 g/mol. The number of aryl methyl sites for hydroxylation is 1. The minimum Gasteiger partial charge on any atom is -0.384 e. The Hall–Kier alpha value is -2.42. The summed E-state index contributed by atoms with van der Waals surface area (Å²) < 4.78 is 0. The predicted octanol–water partition coefficient (Wildman–Crippen LogP) is 3.19. The van der Waals surface area contributed by atoms with Crippen LogP contribution in [0.25, 0.3) is 22.2 Å². The van der Waals surface area contributed by atoms with Crippen molar-refractivity contribution in [2.45, 2.75) is 6.92 Å². The molecule has 3 heteroatoms. The van der Waals surface area contributed by atoms with Gasteiger partial charge in [-0.15, -0.1) is 0 Å². The average molecular weight is 235 g/mol. The van der Waals surface area contributed by atoms with E-state index in [1.54, 1.807) is 0 Å². The summed E-state index contributed by atoms with van der Waals surface area (Å²) in [7, 11) is 0. The molecule has 0 fully saturated rings. The quantitative estimate of drug-likeness (QED) is 0.704. The summed E-state index contributed by atoms with van der Waals surface area (Å²) in [6.45, 7) is 2.06. The maximum absolute atomic E-state index is 5.67. The molecule has 0 aliphatic heterocycles. The van der Waals surface area contributed by atoms with Gasteiger partial charge < -0.3 is 5.73 Å². The van der Waals surface area contributed by atoms with Crippen molar-refractivity contribution < 1.29 is 0 Å². The van der Waals surface area contributed by atoms with Crippen LogP contribution < -0.4 is 5.73 Å². The van der Waals surface area contributed by atoms with E-state index < -0.39 is 0 Å². The van der Waals surface area contributed by atoms with E-state index in [9.17, 15) is 0 Å². The summed E-state index contributed by atoms with van der Waals surface area (Å²) >= 11 is 0. The van der Waals surface area contributed by atoms with E-state index in [4.69, 9.17) is 5.73 Å². The highest BCUT2D eigenvalue weighted by molar-refractivity contribution is 5.84. The zero-order valence-electron chi connectivity index (χ0n) is 10.1. The van der Waals surface area contributed by atoms with Crippen LogP contribution >= 0.6 is 0 Å². The molecule has 0 saturated heterocycles. The number of aromatic nitrogens is 2. The van der Waals surface area contributed by atoms with Gasteiger partial charge in [-0.3, -0.25) is 4.98 Å². The highest BCUT2D eigenvalue weighted by atomic mass is 14.8. The molecule has 88 valence electrons. The van der Waals surface area contributed by atoms with E-state index in [0.29, 0.717) is 5.82 Å². The van der Waals surface area contributed by atoms with Crippen molar-refractivity contribution >= 4 is 16.7 Å². The van der Waals surface area contributed by atoms with E-state index in [2.05, 4.69) is 29.0 Å². The summed E-state index contributed by atoms with van der Waals surface area (Å²) in [6.07, 6.45) is 1.83. The number of nitrogen functional groups attached to an aromatic ring is 1. The molecule has 3 aromatic rings. The zero-order valence-corrected chi connectivity index (χ0v) is 10.1. The van der Waals surface area contributed by atoms with Gasteiger partial charge in [0.2, 0.25) is 0 Å². The van der Waals surface area contributed by atoms with Crippen LogP contribution in [0.15, 0.2) is 48.7 Å². The lowest BCUT2D eigenvalue weighted by molar-refractivity contribution is 1.29. The van der Waals surface area contributed by atoms with Crippen molar-refractivity contribution in [1.82, 2.24) is 9.97 Å². The molecule has 2 aromatic heterocycles. The Labute approximate surface area is 105 Å². The van der Waals surface area contributed by atoms with E-state index in [0.717, 1.165) is 22.2 Å². The highest BCUT2D eigenvalue weighted by Gasteiger charge is 2.02. The zero-order chi connectivity index (χ0) is 12.5. The lowest BCUT2D eigenvalue weighted by Gasteiger charge is -2.04. The second kappa shape index (κ2) is 4.11. The van der Waals surface area contributed by atoms with Crippen molar-refractivity contribution in [3.05, 3.63) is 54.2 Å². The van der Waals surface area contributed by atoms with Crippen molar-refractivity contribution in [1.29, 1.82) is 0 Å². The Bertz CT molecular complexity index is 720. The SMILES string of the molecule is Cc1ccnc(-c2ccc3nc(N)ccc3c2)c1. The van der Waals surface area contributed by atoms with E-state index in [1.807, 2.05) is 36.5 Å². The molecule has 0 radical (unpaired) electrons. The van der Waals surface area contributed by atoms with Crippen LogP contribution in [-0.4, -0.2) is 9.97 Å². The Morgan fingerprint density at radius 1 is 1.00 bits per heavy atom. The predicted molar refractivity (Wildman–Crippen MR) is 74.1 cm³/mol. The molecule has 0 spiro atoms. The van der Waals surface area contributed by atoms with Crippen LogP contribution in [0, 0.1) is 6.92 Å². The van der Waals surface area contributed by atoms with Gasteiger partial charge in [0.1, 0.15) is 5.82 Å². The first-order chi connectivity index (χ1) is 8.72. The maximum Gasteiger partial charge on any atom is 0.124 e. The van der Waals surface area contributed by atoms with Crippen LogP contribution in [0.1, 0.15) is 5.56 Å². The third-order valence-corrected chi connectivity index (χ3v) is 2.92. The fourth-order valence-electron chi connectivity index (χ4n) is 1.99. The highest BCUT2D eigenvalue weighted by Crippen LogP contribution is 2.23. The summed E-state index contributed by atoms with van der Waals surface area (Å²) in [5, 5.41) is 1.07. The molecule has 2 heterocycles. The van der Waals surface area contributed by atoms with Gasteiger partial charge in [0.25, 0.3) is 0 Å². The number of benzene rings is 1. The minimum atomic E-state index is 0.545. The third-order valence-electron chi connectivity index (χ3n) is 2.92. The third kappa shape index (κ3) is 1.91. The molecule has 0 amide bonds. The summed E-state index contributed by atoms with van der Waals surface area (Å²) in [4.78, 5) is 8.67. The molecule has 0 aliphatic rings. The lowest BCUT2D eigenvalue weighted by Crippen LogP contribution is -1.90. The number of anilines is 1. The van der Waals surface area contributed by atoms with Gasteiger partial charge >= 0.3 is 0 Å². The van der Waals surface area contributed by atoms with Gasteiger partial charge in [-0.1, -0.05) is 6.07 Å². The molecule has 1 aromatic carbocycles. The minimum absolute atomic E-state index is 0.545. The molecule has 2 N–H and O–H groups in total. The average Bonchev–Trinajstić information content (AvgIpc) is 2.38. The molecule has 3 nitrogen and oxygen atoms in total. The Morgan fingerprint density at radius 2 is 1.89 bits per heavy atom. The first-order valence-corrected chi connectivity index (χ1v) is 5.82. The Balaban J connectivity index is 2.16. The molecule has 3 rings (SSSR count). The number of hydrogen-bond acceptors (Lipinski definition) is 3. The van der Waals surface area contributed by atoms with Crippen LogP contribution in [0.5, 0.6) is 0 Å². The number of pyridine rings is 2. The molecule has 0 saturated carbocycles. The van der Waals surface area contributed by atoms with Crippen LogP contribution in [0.2, 0.25) is 0 Å². The monoisotopic (exact) mass is 235 g/mol. The summed E-state index contributed by atoms with van der Waals surface area (Å²) in [5.74, 6) is 0.545. The van der Waals surface area contributed by atoms with Crippen molar-refractivity contribution in [2.75, 3.05) is 5.73 Å². The van der Waals surface area contributed by atoms with E-state index in [-0.39, 0.29) is 0 Å². The second-order valence-electron chi connectivity index (χ2n) is 4.36. The van der Waals surface area contributed by atoms with Crippen molar-refractivity contribution in [3.8, 4) is 11.3 Å². The van der Waals surface area contributed by atoms with E-state index in [1.165, 1.54) is 5.56 Å². The number of fused-ring (bicyclic) bond motifs is 1. The lowest BCUT2D eigenvalue weighted by atomic mass is 10.1. The fourth-order valence-corrected chi connectivity index (χ4v) is 1.99. The number of rotatable bonds is 1. The standard InChI is InChI=1S/C15H13N3/c1-10-6-7-17-14(8-10)12-2-4-13-11(9-12)3-5-15(16)18-13/h2-9H,1H3,(H2,16,18). The molecular formula is C15H13N3. The molecule has 0 aliphatic carbocycles. The molecule has 0 unspecified atom stereocenters. The van der Waals surface area contributed by atoms with Gasteiger partial charge in [-0.25, -0.2) is 4.98 Å². The van der Waals surface area contributed by atoms with E-state index >= 15 is 0 Å². The number of hydrogen-bond donors (Lipinski definition) is 1. The first-order valence-electron chi connectivity index (χ1n) is 5.82. The normalized spacial score (nSPS) is 10.7. The first kappa shape index (κ1) is 10.7. The number of nitrogens with zero attached hydrogens (tertiary/aromatic N) is 2. The van der Waals surface area contributed by atoms with Gasteiger partial charge in [-0.05, 0) is 48.9 Å². The van der Waals surface area contributed by atoms with Crippen LogP contribution in [-0.2, 0) is 0 Å². The van der Waals surface area contributed by atoms with Crippen LogP contribution in [0.4, 0.5) is 5.82 Å². The largest absolute Gasteiger partial charge is 0.384 e. The van der Waals surface area contributed by atoms with Gasteiger partial charge in [0, 0.05) is 17.1 Å². The summed E-state index contributed by atoms with van der Waals surface area (Å²) in [5.41, 5.74) is 9.86. The maximum atomic E-state index is 5.67. The molecule has 0 atom stereocenters. The fraction of sp³-hybridized carbons (Fsp3) is 0.0667. The van der Waals surface area contributed by atoms with Crippen molar-refractivity contribution in [2.24, 2.45) is 0 Å². The molecule has 0 bridgehead atoms. The van der Waals surface area contributed by atoms with Gasteiger partial charge in [0.15, 0.2) is 0 Å². The van der Waals surface area contributed by atoms with Crippen molar-refractivity contribution in [3.63, 3.8) is 0 Å². The second-order valence-corrected chi connectivity index (χ2v) is 4.36. The number of nitrogens with two attached hydrogens (primary N) is 1. The van der Waals surface area contributed by atoms with Crippen LogP contribution in [0.3, 0.4) is 0 Å². The Kier molecular flexibility index (Phi) is 2.45. The Morgan fingerprint density at radius 3 is 2.72 bits per heavy atom. The van der Waals surface area contributed by atoms with Gasteiger partial charge in [0.05, 0.1) is 11.2 Å².